The van der Waals surface area contributed by atoms with Gasteiger partial charge in [0.2, 0.25) is 0 Å². The average Bonchev–Trinajstić information content (AvgIpc) is 2.66. The topological polar surface area (TPSA) is 33.5 Å². The Labute approximate surface area is 128 Å². The Morgan fingerprint density at radius 3 is 2.83 bits per heavy atom. The number of nitrogens with zero attached hydrogens (tertiary/aromatic N) is 4. The van der Waals surface area contributed by atoms with Gasteiger partial charge in [0.15, 0.2) is 5.82 Å². The standard InChI is InChI=1S/C11H14BrIN4O/c1-8-10(12)17-7-16(13)6-9(11(17)14-8)15-2-4-18-5-3-15/h6H,2-5,7H2,1H3. The molecule has 98 valence electrons. The molecule has 0 atom stereocenters. The predicted molar refractivity (Wildman–Crippen MR) is 80.9 cm³/mol. The van der Waals surface area contributed by atoms with Crippen LogP contribution in [0.4, 0.5) is 0 Å². The summed E-state index contributed by atoms with van der Waals surface area (Å²) in [7, 11) is 0. The van der Waals surface area contributed by atoms with E-state index in [1.54, 1.807) is 0 Å². The second-order valence-corrected chi connectivity index (χ2v) is 6.38. The summed E-state index contributed by atoms with van der Waals surface area (Å²) in [5.74, 6) is 1.05. The fourth-order valence-electron chi connectivity index (χ4n) is 2.27. The van der Waals surface area contributed by atoms with E-state index in [4.69, 9.17) is 4.74 Å². The summed E-state index contributed by atoms with van der Waals surface area (Å²) in [6, 6.07) is 0. The van der Waals surface area contributed by atoms with Crippen molar-refractivity contribution < 1.29 is 4.74 Å². The number of halogens is 2. The van der Waals surface area contributed by atoms with E-state index >= 15 is 0 Å². The summed E-state index contributed by atoms with van der Waals surface area (Å²) in [6.07, 6.45) is 2.17. The number of hydrogen-bond acceptors (Lipinski definition) is 4. The van der Waals surface area contributed by atoms with Crippen LogP contribution in [0.5, 0.6) is 0 Å². The third-order valence-electron chi connectivity index (χ3n) is 3.18. The van der Waals surface area contributed by atoms with Gasteiger partial charge in [-0.3, -0.25) is 4.57 Å². The van der Waals surface area contributed by atoms with Gasteiger partial charge in [-0.05, 0) is 22.9 Å². The highest BCUT2D eigenvalue weighted by molar-refractivity contribution is 14.1. The largest absolute Gasteiger partial charge is 0.378 e. The molecule has 7 heteroatoms. The first kappa shape index (κ1) is 12.7. The normalized spacial score (nSPS) is 19.8. The number of hydrogen-bond donors (Lipinski definition) is 0. The Balaban J connectivity index is 2.00. The molecule has 2 aliphatic heterocycles. The van der Waals surface area contributed by atoms with Gasteiger partial charge in [-0.25, -0.2) is 4.98 Å². The molecule has 0 aliphatic carbocycles. The van der Waals surface area contributed by atoms with Gasteiger partial charge >= 0.3 is 0 Å². The van der Waals surface area contributed by atoms with Crippen molar-refractivity contribution in [3.05, 3.63) is 22.3 Å². The second-order valence-electron chi connectivity index (χ2n) is 4.39. The maximum atomic E-state index is 5.41. The molecule has 2 aliphatic rings. The highest BCUT2D eigenvalue weighted by atomic mass is 127. The van der Waals surface area contributed by atoms with Crippen molar-refractivity contribution >= 4 is 44.5 Å². The van der Waals surface area contributed by atoms with Gasteiger partial charge in [-0.15, -0.1) is 0 Å². The van der Waals surface area contributed by atoms with Crippen LogP contribution in [0, 0.1) is 6.92 Å². The van der Waals surface area contributed by atoms with E-state index < -0.39 is 0 Å². The number of ether oxygens (including phenoxy) is 1. The lowest BCUT2D eigenvalue weighted by Crippen LogP contribution is -2.37. The molecular formula is C11H14BrIN4O. The van der Waals surface area contributed by atoms with Crippen LogP contribution in [-0.4, -0.2) is 43.9 Å². The highest BCUT2D eigenvalue weighted by Gasteiger charge is 2.26. The number of aryl methyl sites for hydroxylation is 1. The maximum absolute atomic E-state index is 5.41. The van der Waals surface area contributed by atoms with Gasteiger partial charge in [0, 0.05) is 19.3 Å². The molecule has 1 fully saturated rings. The lowest BCUT2D eigenvalue weighted by atomic mass is 10.3. The molecule has 1 aromatic heterocycles. The predicted octanol–water partition coefficient (Wildman–Crippen LogP) is 2.21. The maximum Gasteiger partial charge on any atom is 0.160 e. The number of rotatable bonds is 1. The zero-order valence-corrected chi connectivity index (χ0v) is 13.8. The van der Waals surface area contributed by atoms with Crippen LogP contribution in [0.2, 0.25) is 0 Å². The van der Waals surface area contributed by atoms with Crippen LogP contribution in [-0.2, 0) is 11.4 Å². The Morgan fingerprint density at radius 2 is 2.11 bits per heavy atom. The molecule has 0 spiro atoms. The fourth-order valence-corrected chi connectivity index (χ4v) is 3.21. The fraction of sp³-hybridized carbons (Fsp3) is 0.545. The highest BCUT2D eigenvalue weighted by Crippen LogP contribution is 2.31. The zero-order valence-electron chi connectivity index (χ0n) is 10.1. The minimum atomic E-state index is 0.791. The van der Waals surface area contributed by atoms with E-state index in [1.165, 1.54) is 5.70 Å². The first-order valence-corrected chi connectivity index (χ1v) is 7.62. The first-order chi connectivity index (χ1) is 8.66. The van der Waals surface area contributed by atoms with Crippen molar-refractivity contribution in [2.75, 3.05) is 26.3 Å². The van der Waals surface area contributed by atoms with Gasteiger partial charge in [-0.1, -0.05) is 0 Å². The summed E-state index contributed by atoms with van der Waals surface area (Å²) in [5.41, 5.74) is 2.23. The van der Waals surface area contributed by atoms with Gasteiger partial charge in [0.1, 0.15) is 11.3 Å². The zero-order chi connectivity index (χ0) is 12.7. The summed E-state index contributed by atoms with van der Waals surface area (Å²) < 4.78 is 10.8. The van der Waals surface area contributed by atoms with E-state index in [9.17, 15) is 0 Å². The van der Waals surface area contributed by atoms with E-state index in [1.807, 2.05) is 6.92 Å². The molecule has 0 unspecified atom stereocenters. The van der Waals surface area contributed by atoms with Crippen LogP contribution in [0.1, 0.15) is 11.5 Å². The van der Waals surface area contributed by atoms with Crippen molar-refractivity contribution in [1.29, 1.82) is 0 Å². The lowest BCUT2D eigenvalue weighted by Gasteiger charge is -2.34. The van der Waals surface area contributed by atoms with Crippen LogP contribution in [0.3, 0.4) is 0 Å². The summed E-state index contributed by atoms with van der Waals surface area (Å²) in [6.45, 7) is 6.30. The molecule has 0 radical (unpaired) electrons. The van der Waals surface area contributed by atoms with Crippen molar-refractivity contribution in [2.24, 2.45) is 0 Å². The molecule has 0 amide bonds. The van der Waals surface area contributed by atoms with Crippen LogP contribution in [0.15, 0.2) is 10.8 Å². The van der Waals surface area contributed by atoms with Crippen LogP contribution >= 0.6 is 38.8 Å². The molecule has 0 aromatic carbocycles. The van der Waals surface area contributed by atoms with Crippen molar-refractivity contribution in [3.8, 4) is 0 Å². The summed E-state index contributed by atoms with van der Waals surface area (Å²) in [5, 5.41) is 0. The minimum absolute atomic E-state index is 0.791. The molecule has 0 N–H and O–H groups in total. The van der Waals surface area contributed by atoms with Crippen molar-refractivity contribution in [3.63, 3.8) is 0 Å². The molecule has 0 bridgehead atoms. The number of aromatic nitrogens is 2. The summed E-state index contributed by atoms with van der Waals surface area (Å²) >= 11 is 5.94. The smallest absolute Gasteiger partial charge is 0.160 e. The second kappa shape index (κ2) is 5.01. The minimum Gasteiger partial charge on any atom is -0.378 e. The number of imidazole rings is 1. The molecule has 1 saturated heterocycles. The molecule has 0 saturated carbocycles. The van der Waals surface area contributed by atoms with E-state index in [-0.39, 0.29) is 0 Å². The Morgan fingerprint density at radius 1 is 1.39 bits per heavy atom. The summed E-state index contributed by atoms with van der Waals surface area (Å²) in [4.78, 5) is 7.02. The quantitative estimate of drug-likeness (QED) is 0.511. The van der Waals surface area contributed by atoms with Crippen molar-refractivity contribution in [1.82, 2.24) is 17.6 Å². The first-order valence-electron chi connectivity index (χ1n) is 5.87. The monoisotopic (exact) mass is 424 g/mol. The van der Waals surface area contributed by atoms with Gasteiger partial charge in [0.25, 0.3) is 0 Å². The Hall–Kier alpha value is -0.280. The van der Waals surface area contributed by atoms with E-state index in [0.717, 1.165) is 49.1 Å². The van der Waals surface area contributed by atoms with Gasteiger partial charge in [-0.2, -0.15) is 0 Å². The molecule has 1 aromatic rings. The van der Waals surface area contributed by atoms with Gasteiger partial charge in [0.05, 0.1) is 47.5 Å². The third-order valence-corrected chi connectivity index (χ3v) is 4.77. The Kier molecular flexibility index (Phi) is 3.55. The Bertz CT molecular complexity index is 495. The molecule has 5 nitrogen and oxygen atoms in total. The number of morpholine rings is 1. The van der Waals surface area contributed by atoms with Crippen molar-refractivity contribution in [2.45, 2.75) is 13.6 Å². The lowest BCUT2D eigenvalue weighted by molar-refractivity contribution is 0.0629. The number of fused-ring (bicyclic) bond motifs is 1. The van der Waals surface area contributed by atoms with Crippen LogP contribution < -0.4 is 0 Å². The SMILES string of the molecule is Cc1nc2n(c1Br)CN(I)C=C2N1CCOCC1. The third kappa shape index (κ3) is 2.16. The van der Waals surface area contributed by atoms with Crippen LogP contribution in [0.25, 0.3) is 5.70 Å². The molecule has 3 rings (SSSR count). The molecule has 18 heavy (non-hydrogen) atoms. The average molecular weight is 425 g/mol. The van der Waals surface area contributed by atoms with Gasteiger partial charge < -0.3 is 12.8 Å². The van der Waals surface area contributed by atoms with E-state index in [2.05, 4.69) is 62.6 Å². The molecule has 3 heterocycles. The van der Waals surface area contributed by atoms with E-state index in [0.29, 0.717) is 0 Å². The molecular weight excluding hydrogens is 411 g/mol.